The maximum Gasteiger partial charge on any atom is 0.238 e. The first-order chi connectivity index (χ1) is 10.7. The van der Waals surface area contributed by atoms with Crippen molar-refractivity contribution < 1.29 is 13.7 Å². The van der Waals surface area contributed by atoms with Crippen LogP contribution < -0.4 is 5.32 Å². The largest absolute Gasteiger partial charge is 0.461 e. The molecule has 0 atom stereocenters. The molecule has 0 radical (unpaired) electrons. The second kappa shape index (κ2) is 6.44. The fourth-order valence-corrected chi connectivity index (χ4v) is 2.04. The number of hydrogen-bond acceptors (Lipinski definition) is 5. The summed E-state index contributed by atoms with van der Waals surface area (Å²) in [5, 5.41) is 7.03. The molecule has 3 rings (SSSR count). The van der Waals surface area contributed by atoms with Crippen molar-refractivity contribution in [1.29, 1.82) is 0 Å². The average Bonchev–Trinajstić information content (AvgIpc) is 3.18. The van der Waals surface area contributed by atoms with Crippen LogP contribution in [0.1, 0.15) is 12.3 Å². The Balaban J connectivity index is 1.56. The first-order valence-electron chi connectivity index (χ1n) is 6.63. The van der Waals surface area contributed by atoms with Crippen molar-refractivity contribution in [3.8, 4) is 11.6 Å². The number of nitrogens with one attached hydrogen (secondary N) is 1. The van der Waals surface area contributed by atoms with Gasteiger partial charge in [0.25, 0.3) is 0 Å². The molecule has 6 nitrogen and oxygen atoms in total. The summed E-state index contributed by atoms with van der Waals surface area (Å²) in [7, 11) is 0. The summed E-state index contributed by atoms with van der Waals surface area (Å²) in [5.74, 6) is 1.09. The Morgan fingerprint density at radius 2 is 2.09 bits per heavy atom. The van der Waals surface area contributed by atoms with E-state index in [0.717, 1.165) is 0 Å². The number of benzene rings is 1. The van der Waals surface area contributed by atoms with Crippen molar-refractivity contribution in [2.75, 3.05) is 5.32 Å². The maximum atomic E-state index is 11.9. The lowest BCUT2D eigenvalue weighted by Gasteiger charge is -2.05. The Morgan fingerprint density at radius 3 is 2.86 bits per heavy atom. The van der Waals surface area contributed by atoms with E-state index in [1.54, 1.807) is 36.4 Å². The standard InChI is InChI=1S/C15H12ClN3O3/c16-10-4-1-2-5-11(10)17-13(20)7-8-14-18-15(19-22-14)12-6-3-9-21-12/h1-6,9H,7-8H2,(H,17,20). The minimum Gasteiger partial charge on any atom is -0.461 e. The van der Waals surface area contributed by atoms with Crippen LogP contribution in [0.3, 0.4) is 0 Å². The quantitative estimate of drug-likeness (QED) is 0.778. The molecule has 2 aromatic heterocycles. The molecule has 0 saturated carbocycles. The fourth-order valence-electron chi connectivity index (χ4n) is 1.86. The molecule has 1 N–H and O–H groups in total. The summed E-state index contributed by atoms with van der Waals surface area (Å²) < 4.78 is 10.3. The van der Waals surface area contributed by atoms with Gasteiger partial charge in [-0.25, -0.2) is 0 Å². The third-order valence-electron chi connectivity index (χ3n) is 2.92. The third kappa shape index (κ3) is 3.35. The number of hydrogen-bond donors (Lipinski definition) is 1. The summed E-state index contributed by atoms with van der Waals surface area (Å²) in [6, 6.07) is 10.5. The van der Waals surface area contributed by atoms with Crippen LogP contribution in [-0.2, 0) is 11.2 Å². The lowest BCUT2D eigenvalue weighted by atomic mass is 10.2. The summed E-state index contributed by atoms with van der Waals surface area (Å²) in [4.78, 5) is 16.1. The van der Waals surface area contributed by atoms with E-state index in [1.165, 1.54) is 6.26 Å². The molecule has 0 aliphatic heterocycles. The van der Waals surface area contributed by atoms with Gasteiger partial charge in [0.15, 0.2) is 5.76 Å². The normalized spacial score (nSPS) is 10.6. The Hall–Kier alpha value is -2.60. The molecular formula is C15H12ClN3O3. The van der Waals surface area contributed by atoms with Gasteiger partial charge >= 0.3 is 0 Å². The van der Waals surface area contributed by atoms with E-state index in [2.05, 4.69) is 15.5 Å². The molecule has 0 aliphatic rings. The van der Waals surface area contributed by atoms with Crippen LogP contribution in [-0.4, -0.2) is 16.0 Å². The van der Waals surface area contributed by atoms with E-state index in [1.807, 2.05) is 0 Å². The first kappa shape index (κ1) is 14.3. The SMILES string of the molecule is O=C(CCc1nc(-c2ccco2)no1)Nc1ccccc1Cl. The summed E-state index contributed by atoms with van der Waals surface area (Å²) in [6.07, 6.45) is 2.08. The van der Waals surface area contributed by atoms with Crippen molar-refractivity contribution in [2.24, 2.45) is 0 Å². The van der Waals surface area contributed by atoms with Crippen LogP contribution in [0.5, 0.6) is 0 Å². The van der Waals surface area contributed by atoms with Crippen LogP contribution in [0.4, 0.5) is 5.69 Å². The molecule has 0 saturated heterocycles. The zero-order valence-corrected chi connectivity index (χ0v) is 12.2. The van der Waals surface area contributed by atoms with Gasteiger partial charge < -0.3 is 14.3 Å². The third-order valence-corrected chi connectivity index (χ3v) is 3.25. The molecule has 0 bridgehead atoms. The van der Waals surface area contributed by atoms with Gasteiger partial charge in [0.05, 0.1) is 17.0 Å². The van der Waals surface area contributed by atoms with Gasteiger partial charge in [0.2, 0.25) is 17.6 Å². The lowest BCUT2D eigenvalue weighted by Crippen LogP contribution is -2.12. The first-order valence-corrected chi connectivity index (χ1v) is 7.01. The van der Waals surface area contributed by atoms with Gasteiger partial charge in [-0.1, -0.05) is 28.9 Å². The van der Waals surface area contributed by atoms with Crippen LogP contribution in [0, 0.1) is 0 Å². The molecule has 112 valence electrons. The van der Waals surface area contributed by atoms with Gasteiger partial charge in [-0.2, -0.15) is 4.98 Å². The number of halogens is 1. The summed E-state index contributed by atoms with van der Waals surface area (Å²) in [5.41, 5.74) is 0.580. The summed E-state index contributed by atoms with van der Waals surface area (Å²) in [6.45, 7) is 0. The van der Waals surface area contributed by atoms with Gasteiger partial charge in [-0.05, 0) is 24.3 Å². The highest BCUT2D eigenvalue weighted by Crippen LogP contribution is 2.21. The van der Waals surface area contributed by atoms with Crippen LogP contribution >= 0.6 is 11.6 Å². The topological polar surface area (TPSA) is 81.2 Å². The number of carbonyl (C=O) groups is 1. The second-order valence-corrected chi connectivity index (χ2v) is 4.92. The van der Waals surface area contributed by atoms with E-state index >= 15 is 0 Å². The number of carbonyl (C=O) groups excluding carboxylic acids is 1. The maximum absolute atomic E-state index is 11.9. The molecule has 22 heavy (non-hydrogen) atoms. The Morgan fingerprint density at radius 1 is 1.23 bits per heavy atom. The molecular weight excluding hydrogens is 306 g/mol. The molecule has 1 aromatic carbocycles. The van der Waals surface area contributed by atoms with E-state index < -0.39 is 0 Å². The molecule has 1 amide bonds. The number of anilines is 1. The zero-order chi connectivity index (χ0) is 15.4. The number of furan rings is 1. The Labute approximate surface area is 131 Å². The van der Waals surface area contributed by atoms with Crippen LogP contribution in [0.2, 0.25) is 5.02 Å². The number of aryl methyl sites for hydroxylation is 1. The van der Waals surface area contributed by atoms with E-state index in [-0.39, 0.29) is 12.3 Å². The molecule has 0 aliphatic carbocycles. The fraction of sp³-hybridized carbons (Fsp3) is 0.133. The minimum absolute atomic E-state index is 0.175. The van der Waals surface area contributed by atoms with Crippen molar-refractivity contribution in [2.45, 2.75) is 12.8 Å². The highest BCUT2D eigenvalue weighted by Gasteiger charge is 2.12. The van der Waals surface area contributed by atoms with Crippen molar-refractivity contribution in [1.82, 2.24) is 10.1 Å². The number of para-hydroxylation sites is 1. The number of amides is 1. The summed E-state index contributed by atoms with van der Waals surface area (Å²) >= 11 is 5.98. The van der Waals surface area contributed by atoms with Crippen LogP contribution in [0.25, 0.3) is 11.6 Å². The monoisotopic (exact) mass is 317 g/mol. The number of rotatable bonds is 5. The van der Waals surface area contributed by atoms with E-state index in [9.17, 15) is 4.79 Å². The van der Waals surface area contributed by atoms with Crippen molar-refractivity contribution >= 4 is 23.2 Å². The van der Waals surface area contributed by atoms with Gasteiger partial charge in [0.1, 0.15) is 0 Å². The predicted molar refractivity (Wildman–Crippen MR) is 80.4 cm³/mol. The van der Waals surface area contributed by atoms with E-state index in [0.29, 0.717) is 34.6 Å². The zero-order valence-electron chi connectivity index (χ0n) is 11.5. The van der Waals surface area contributed by atoms with Crippen molar-refractivity contribution in [3.63, 3.8) is 0 Å². The second-order valence-electron chi connectivity index (χ2n) is 4.52. The molecule has 7 heteroatoms. The number of nitrogens with zero attached hydrogens (tertiary/aromatic N) is 2. The Kier molecular flexibility index (Phi) is 4.20. The highest BCUT2D eigenvalue weighted by atomic mass is 35.5. The predicted octanol–water partition coefficient (Wildman–Crippen LogP) is 3.55. The van der Waals surface area contributed by atoms with E-state index in [4.69, 9.17) is 20.5 Å². The van der Waals surface area contributed by atoms with Gasteiger partial charge in [0, 0.05) is 12.8 Å². The molecule has 0 unspecified atom stereocenters. The minimum atomic E-state index is -0.175. The smallest absolute Gasteiger partial charge is 0.238 e. The lowest BCUT2D eigenvalue weighted by molar-refractivity contribution is -0.116. The molecule has 3 aromatic rings. The van der Waals surface area contributed by atoms with Gasteiger partial charge in [-0.3, -0.25) is 4.79 Å². The van der Waals surface area contributed by atoms with Crippen LogP contribution in [0.15, 0.2) is 51.6 Å². The molecule has 0 spiro atoms. The number of aromatic nitrogens is 2. The molecule has 0 fully saturated rings. The Bertz CT molecular complexity index is 768. The average molecular weight is 318 g/mol. The van der Waals surface area contributed by atoms with Crippen molar-refractivity contribution in [3.05, 3.63) is 53.6 Å². The molecule has 2 heterocycles. The van der Waals surface area contributed by atoms with Gasteiger partial charge in [-0.15, -0.1) is 0 Å². The highest BCUT2D eigenvalue weighted by molar-refractivity contribution is 6.33.